The molecule has 0 fully saturated rings. The third-order valence-corrected chi connectivity index (χ3v) is 15.7. The summed E-state index contributed by atoms with van der Waals surface area (Å²) in [6, 6.07) is 73.7. The Bertz CT molecular complexity index is 3780. The standard InChI is InChI=1S/C64H50BN/c1-39-36-58(66(43-21-11-8-12-22-43)44-30-32-49-47-24-16-18-28-54(47)64(5,6)56(49)38-44)60-51-26-14-13-25-50(51)59-40(2)35-57(52-34-33-45(39)61(60)62(52)59)65(41-19-9-7-10-20-41)42-29-31-48-46-23-15-17-27-53(46)63(3,4)55(48)37-42/h7-38H,1-6H3. The second kappa shape index (κ2) is 14.0. The van der Waals surface area contributed by atoms with Crippen molar-refractivity contribution in [2.75, 3.05) is 4.90 Å². The van der Waals surface area contributed by atoms with Crippen molar-refractivity contribution in [1.29, 1.82) is 0 Å². The molecular formula is C64H50BN. The second-order valence-corrected chi connectivity index (χ2v) is 20.1. The molecule has 0 amide bonds. The van der Waals surface area contributed by atoms with Crippen LogP contribution in [0.5, 0.6) is 0 Å². The Kier molecular flexibility index (Phi) is 8.30. The Balaban J connectivity index is 1.11. The van der Waals surface area contributed by atoms with Crippen LogP contribution in [0, 0.1) is 13.8 Å². The van der Waals surface area contributed by atoms with Gasteiger partial charge in [-0.05, 0) is 132 Å². The van der Waals surface area contributed by atoms with Crippen LogP contribution in [0.15, 0.2) is 194 Å². The zero-order valence-electron chi connectivity index (χ0n) is 38.5. The summed E-state index contributed by atoms with van der Waals surface area (Å²) in [5.41, 5.74) is 20.8. The van der Waals surface area contributed by atoms with Crippen molar-refractivity contribution in [2.45, 2.75) is 52.4 Å². The normalized spacial score (nSPS) is 14.2. The van der Waals surface area contributed by atoms with Crippen molar-refractivity contribution in [3.05, 3.63) is 228 Å². The summed E-state index contributed by atoms with van der Waals surface area (Å²) in [7, 11) is 0. The molecule has 0 unspecified atom stereocenters. The third-order valence-electron chi connectivity index (χ3n) is 15.7. The first-order valence-corrected chi connectivity index (χ1v) is 23.6. The molecule has 314 valence electrons. The highest BCUT2D eigenvalue weighted by atomic mass is 15.1. The number of hydrogen-bond acceptors (Lipinski definition) is 1. The smallest absolute Gasteiger partial charge is 0.242 e. The van der Waals surface area contributed by atoms with Gasteiger partial charge in [0.25, 0.3) is 0 Å². The minimum atomic E-state index is -0.128. The van der Waals surface area contributed by atoms with Crippen LogP contribution in [0.25, 0.3) is 65.3 Å². The Morgan fingerprint density at radius 2 is 0.879 bits per heavy atom. The SMILES string of the molecule is Cc1cc(N(c2ccccc2)c2ccc3c(c2)C(C)(C)c2ccccc2-3)c2c3ccccc3c3c(C)cc(B(c4ccccc4)c4ccc5c(c4)C(C)(C)c4ccccc4-5)c4ccc1c2c43. The van der Waals surface area contributed by atoms with Gasteiger partial charge in [0.1, 0.15) is 0 Å². The Hall–Kier alpha value is -7.42. The lowest BCUT2D eigenvalue weighted by atomic mass is 9.36. The Morgan fingerprint density at radius 1 is 0.348 bits per heavy atom. The van der Waals surface area contributed by atoms with Gasteiger partial charge < -0.3 is 4.90 Å². The first-order chi connectivity index (χ1) is 32.1. The molecule has 0 atom stereocenters. The molecule has 11 aromatic carbocycles. The van der Waals surface area contributed by atoms with Crippen LogP contribution in [0.1, 0.15) is 61.1 Å². The van der Waals surface area contributed by atoms with E-state index in [0.29, 0.717) is 0 Å². The summed E-state index contributed by atoms with van der Waals surface area (Å²) >= 11 is 0. The summed E-state index contributed by atoms with van der Waals surface area (Å²) in [5.74, 6) is 0. The summed E-state index contributed by atoms with van der Waals surface area (Å²) in [6.07, 6.45) is 0. The molecule has 2 heteroatoms. The average molecular weight is 844 g/mol. The van der Waals surface area contributed by atoms with Crippen molar-refractivity contribution in [3.8, 4) is 22.3 Å². The van der Waals surface area contributed by atoms with Crippen molar-refractivity contribution in [1.82, 2.24) is 0 Å². The van der Waals surface area contributed by atoms with E-state index >= 15 is 0 Å². The molecule has 11 aromatic rings. The molecule has 0 aliphatic heterocycles. The molecule has 2 aliphatic rings. The maximum absolute atomic E-state index is 2.54. The number of benzene rings is 11. The Labute approximate surface area is 388 Å². The fourth-order valence-electron chi connectivity index (χ4n) is 12.6. The fraction of sp³-hybridized carbons (Fsp3) is 0.125. The van der Waals surface area contributed by atoms with E-state index in [9.17, 15) is 0 Å². The highest BCUT2D eigenvalue weighted by Gasteiger charge is 2.38. The molecule has 0 N–H and O–H groups in total. The van der Waals surface area contributed by atoms with Crippen LogP contribution in [-0.2, 0) is 10.8 Å². The number of fused-ring (bicyclic) bond motifs is 9. The van der Waals surface area contributed by atoms with E-state index in [-0.39, 0.29) is 17.5 Å². The number of aryl methyl sites for hydroxylation is 2. The van der Waals surface area contributed by atoms with Gasteiger partial charge in [-0.3, -0.25) is 0 Å². The van der Waals surface area contributed by atoms with Gasteiger partial charge in [-0.2, -0.15) is 0 Å². The van der Waals surface area contributed by atoms with Crippen LogP contribution >= 0.6 is 0 Å². The van der Waals surface area contributed by atoms with Gasteiger partial charge in [-0.15, -0.1) is 0 Å². The van der Waals surface area contributed by atoms with E-state index in [2.05, 4.69) is 241 Å². The predicted molar refractivity (Wildman–Crippen MR) is 284 cm³/mol. The molecular weight excluding hydrogens is 794 g/mol. The van der Waals surface area contributed by atoms with Gasteiger partial charge in [-0.1, -0.05) is 208 Å². The predicted octanol–water partition coefficient (Wildman–Crippen LogP) is 15.0. The number of anilines is 3. The van der Waals surface area contributed by atoms with Gasteiger partial charge >= 0.3 is 0 Å². The summed E-state index contributed by atoms with van der Waals surface area (Å²) in [6.45, 7) is 14.2. The number of nitrogens with zero attached hydrogens (tertiary/aromatic N) is 1. The van der Waals surface area contributed by atoms with Gasteiger partial charge in [-0.25, -0.2) is 0 Å². The van der Waals surface area contributed by atoms with E-state index in [0.717, 1.165) is 5.69 Å². The summed E-state index contributed by atoms with van der Waals surface area (Å²) in [5, 5.41) is 10.5. The molecule has 0 aromatic heterocycles. The molecule has 0 saturated heterocycles. The van der Waals surface area contributed by atoms with Crippen molar-refractivity contribution < 1.29 is 0 Å². The lowest BCUT2D eigenvalue weighted by molar-refractivity contribution is 0.660. The van der Waals surface area contributed by atoms with Crippen molar-refractivity contribution in [2.24, 2.45) is 0 Å². The molecule has 0 radical (unpaired) electrons. The fourth-order valence-corrected chi connectivity index (χ4v) is 12.6. The van der Waals surface area contributed by atoms with Crippen LogP contribution in [0.2, 0.25) is 0 Å². The molecule has 0 saturated carbocycles. The largest absolute Gasteiger partial charge is 0.310 e. The van der Waals surface area contributed by atoms with Crippen molar-refractivity contribution >= 4 is 83.3 Å². The van der Waals surface area contributed by atoms with Gasteiger partial charge in [0.15, 0.2) is 0 Å². The number of para-hydroxylation sites is 1. The molecule has 66 heavy (non-hydrogen) atoms. The van der Waals surface area contributed by atoms with E-state index < -0.39 is 0 Å². The van der Waals surface area contributed by atoms with Gasteiger partial charge in [0.2, 0.25) is 6.71 Å². The van der Waals surface area contributed by atoms with Crippen LogP contribution in [-0.4, -0.2) is 6.71 Å². The summed E-state index contributed by atoms with van der Waals surface area (Å²) in [4.78, 5) is 2.54. The Morgan fingerprint density at radius 3 is 1.56 bits per heavy atom. The van der Waals surface area contributed by atoms with Gasteiger partial charge in [0.05, 0.1) is 5.69 Å². The molecule has 0 spiro atoms. The highest BCUT2D eigenvalue weighted by Crippen LogP contribution is 2.53. The zero-order valence-corrected chi connectivity index (χ0v) is 38.5. The maximum atomic E-state index is 2.54. The first kappa shape index (κ1) is 39.0. The average Bonchev–Trinajstić information content (AvgIpc) is 3.71. The van der Waals surface area contributed by atoms with Crippen LogP contribution in [0.4, 0.5) is 17.1 Å². The minimum absolute atomic E-state index is 0.0193. The molecule has 13 rings (SSSR count). The molecule has 1 nitrogen and oxygen atoms in total. The zero-order chi connectivity index (χ0) is 44.6. The summed E-state index contributed by atoms with van der Waals surface area (Å²) < 4.78 is 0. The van der Waals surface area contributed by atoms with E-state index in [1.165, 1.54) is 126 Å². The van der Waals surface area contributed by atoms with E-state index in [4.69, 9.17) is 0 Å². The topological polar surface area (TPSA) is 3.24 Å². The lowest BCUT2D eigenvalue weighted by Crippen LogP contribution is -2.52. The minimum Gasteiger partial charge on any atom is -0.310 e. The maximum Gasteiger partial charge on any atom is 0.242 e. The van der Waals surface area contributed by atoms with E-state index in [1.807, 2.05) is 0 Å². The quantitative estimate of drug-likeness (QED) is 0.0916. The van der Waals surface area contributed by atoms with Crippen LogP contribution < -0.4 is 21.3 Å². The van der Waals surface area contributed by atoms with E-state index in [1.54, 1.807) is 0 Å². The first-order valence-electron chi connectivity index (χ1n) is 23.6. The third kappa shape index (κ3) is 5.36. The monoisotopic (exact) mass is 843 g/mol. The van der Waals surface area contributed by atoms with Crippen molar-refractivity contribution in [3.63, 3.8) is 0 Å². The lowest BCUT2D eigenvalue weighted by Gasteiger charge is -2.31. The molecule has 0 bridgehead atoms. The molecule has 2 aliphatic carbocycles. The van der Waals surface area contributed by atoms with Gasteiger partial charge in [0, 0.05) is 33.0 Å². The highest BCUT2D eigenvalue weighted by molar-refractivity contribution is 6.97. The second-order valence-electron chi connectivity index (χ2n) is 20.1. The number of hydrogen-bond donors (Lipinski definition) is 0. The van der Waals surface area contributed by atoms with Crippen LogP contribution in [0.3, 0.4) is 0 Å². The number of rotatable bonds is 6. The molecule has 0 heterocycles.